The number of hydrogen-bond acceptors (Lipinski definition) is 15. The summed E-state index contributed by atoms with van der Waals surface area (Å²) in [4.78, 5) is 27.2. The summed E-state index contributed by atoms with van der Waals surface area (Å²) in [7, 11) is 9.51. The van der Waals surface area contributed by atoms with Crippen LogP contribution in [0.25, 0.3) is 22.3 Å². The van der Waals surface area contributed by atoms with Crippen LogP contribution in [0.1, 0.15) is 11.1 Å². The largest absolute Gasteiger partial charge is 0.493 e. The maximum Gasteiger partial charge on any atom is 0.203 e. The van der Waals surface area contributed by atoms with E-state index in [1.807, 2.05) is 65.2 Å². The summed E-state index contributed by atoms with van der Waals surface area (Å²) < 4.78 is 36.7. The van der Waals surface area contributed by atoms with Gasteiger partial charge in [0.15, 0.2) is 61.4 Å². The lowest BCUT2D eigenvalue weighted by Crippen LogP contribution is -2.13. The minimum Gasteiger partial charge on any atom is -0.493 e. The van der Waals surface area contributed by atoms with Crippen molar-refractivity contribution in [3.63, 3.8) is 0 Å². The van der Waals surface area contributed by atoms with E-state index in [9.17, 15) is 0 Å². The number of aryl methyl sites for hydroxylation is 4. The Balaban J connectivity index is 0.000000186. The van der Waals surface area contributed by atoms with Crippen LogP contribution in [0.4, 0.5) is 5.82 Å². The molecule has 0 bridgehead atoms. The molecule has 0 aliphatic rings. The molecule has 0 atom stereocenters. The second-order valence-electron chi connectivity index (χ2n) is 13.4. The summed E-state index contributed by atoms with van der Waals surface area (Å²) in [5.41, 5.74) is 11.3. The molecular formula is C44H46N10O6S2. The summed E-state index contributed by atoms with van der Waals surface area (Å²) in [5, 5.41) is 9.58. The molecule has 0 radical (unpaired) electrons. The van der Waals surface area contributed by atoms with Crippen LogP contribution in [0.3, 0.4) is 0 Å². The summed E-state index contributed by atoms with van der Waals surface area (Å²) >= 11 is 2.89. The molecule has 8 rings (SSSR count). The van der Waals surface area contributed by atoms with Crippen LogP contribution in [0.15, 0.2) is 118 Å². The Hall–Kier alpha value is -6.92. The SMILES string of the molecule is COc1cc(Sc2nc3c(N)ncnc3n2CCc2ccccc2)cc(OC)c1OC.COc1cc(Sc2nc3c([nH]2)c(=N)ncn3CCc2ccccc2)cc(OC)c1OC. The van der Waals surface area contributed by atoms with E-state index in [4.69, 9.17) is 49.5 Å². The molecule has 4 aromatic heterocycles. The fraction of sp³-hybridized carbons (Fsp3) is 0.227. The second kappa shape index (κ2) is 20.1. The quantitative estimate of drug-likeness (QED) is 0.0864. The number of aromatic amines is 1. The number of nitrogens with one attached hydrogen (secondary N) is 2. The molecule has 0 unspecified atom stereocenters. The molecule has 4 N–H and O–H groups in total. The fourth-order valence-electron chi connectivity index (χ4n) is 6.62. The number of fused-ring (bicyclic) bond motifs is 2. The van der Waals surface area contributed by atoms with Crippen LogP contribution in [0.2, 0.25) is 0 Å². The molecule has 0 saturated carbocycles. The van der Waals surface area contributed by atoms with Crippen molar-refractivity contribution in [2.24, 2.45) is 0 Å². The zero-order valence-corrected chi connectivity index (χ0v) is 36.7. The first kappa shape index (κ1) is 43.2. The number of benzene rings is 4. The Bertz CT molecular complexity index is 2790. The highest BCUT2D eigenvalue weighted by atomic mass is 32.2. The molecule has 0 fully saturated rings. The van der Waals surface area contributed by atoms with E-state index in [-0.39, 0.29) is 5.49 Å². The van der Waals surface area contributed by atoms with E-state index in [2.05, 4.69) is 48.8 Å². The van der Waals surface area contributed by atoms with Gasteiger partial charge in [0.25, 0.3) is 0 Å². The van der Waals surface area contributed by atoms with Crippen LogP contribution in [0, 0.1) is 5.41 Å². The zero-order valence-electron chi connectivity index (χ0n) is 35.0. The molecule has 0 spiro atoms. The fourth-order valence-corrected chi connectivity index (χ4v) is 8.42. The van der Waals surface area contributed by atoms with Gasteiger partial charge in [-0.05, 0) is 48.2 Å². The Morgan fingerprint density at radius 2 is 1.16 bits per heavy atom. The maximum absolute atomic E-state index is 8.17. The lowest BCUT2D eigenvalue weighted by Gasteiger charge is -2.14. The van der Waals surface area contributed by atoms with Gasteiger partial charge in [0.05, 0.1) is 49.0 Å². The van der Waals surface area contributed by atoms with Gasteiger partial charge < -0.3 is 48.3 Å². The van der Waals surface area contributed by atoms with Crippen molar-refractivity contribution in [1.29, 1.82) is 5.41 Å². The number of aromatic nitrogens is 8. The minimum absolute atomic E-state index is 0.162. The van der Waals surface area contributed by atoms with Crippen molar-refractivity contribution in [3.8, 4) is 34.5 Å². The molecule has 4 heterocycles. The molecule has 62 heavy (non-hydrogen) atoms. The van der Waals surface area contributed by atoms with Gasteiger partial charge in [0, 0.05) is 22.9 Å². The molecule has 0 aliphatic carbocycles. The smallest absolute Gasteiger partial charge is 0.203 e. The lowest BCUT2D eigenvalue weighted by atomic mass is 10.1. The van der Waals surface area contributed by atoms with E-state index in [1.165, 1.54) is 41.0 Å². The second-order valence-corrected chi connectivity index (χ2v) is 15.5. The predicted molar refractivity (Wildman–Crippen MR) is 238 cm³/mol. The van der Waals surface area contributed by atoms with E-state index < -0.39 is 0 Å². The van der Waals surface area contributed by atoms with Crippen LogP contribution in [0.5, 0.6) is 34.5 Å². The van der Waals surface area contributed by atoms with Gasteiger partial charge in [-0.25, -0.2) is 24.9 Å². The summed E-state index contributed by atoms with van der Waals surface area (Å²) in [5.74, 6) is 3.74. The number of hydrogen-bond donors (Lipinski definition) is 3. The number of ether oxygens (including phenoxy) is 6. The Kier molecular flexibility index (Phi) is 14.0. The van der Waals surface area contributed by atoms with Gasteiger partial charge in [0.2, 0.25) is 11.5 Å². The summed E-state index contributed by atoms with van der Waals surface area (Å²) in [6.07, 6.45) is 4.81. The van der Waals surface area contributed by atoms with Gasteiger partial charge in [-0.3, -0.25) is 5.41 Å². The number of nitrogens with zero attached hydrogens (tertiary/aromatic N) is 7. The van der Waals surface area contributed by atoms with Crippen LogP contribution in [-0.2, 0) is 25.9 Å². The van der Waals surface area contributed by atoms with Crippen molar-refractivity contribution in [2.75, 3.05) is 48.4 Å². The number of anilines is 1. The van der Waals surface area contributed by atoms with Crippen LogP contribution < -0.4 is 39.6 Å². The van der Waals surface area contributed by atoms with Crippen molar-refractivity contribution in [1.82, 2.24) is 39.0 Å². The molecule has 0 amide bonds. The van der Waals surface area contributed by atoms with Gasteiger partial charge in [0.1, 0.15) is 11.8 Å². The van der Waals surface area contributed by atoms with Crippen molar-refractivity contribution in [2.45, 2.75) is 46.0 Å². The molecule has 16 nitrogen and oxygen atoms in total. The lowest BCUT2D eigenvalue weighted by molar-refractivity contribution is 0.323. The molecule has 0 aliphatic heterocycles. The molecule has 18 heteroatoms. The van der Waals surface area contributed by atoms with Gasteiger partial charge >= 0.3 is 0 Å². The third kappa shape index (κ3) is 9.66. The highest BCUT2D eigenvalue weighted by Gasteiger charge is 2.20. The van der Waals surface area contributed by atoms with Gasteiger partial charge in [-0.2, -0.15) is 0 Å². The normalized spacial score (nSPS) is 10.9. The minimum atomic E-state index is 0.162. The van der Waals surface area contributed by atoms with Crippen LogP contribution in [-0.4, -0.2) is 81.7 Å². The number of imidazole rings is 2. The average molecular weight is 875 g/mol. The Labute approximate surface area is 366 Å². The van der Waals surface area contributed by atoms with Gasteiger partial charge in [-0.15, -0.1) is 0 Å². The molecule has 8 aromatic rings. The highest BCUT2D eigenvalue weighted by Crippen LogP contribution is 2.44. The third-order valence-corrected chi connectivity index (χ3v) is 11.5. The molecule has 4 aromatic carbocycles. The average Bonchev–Trinajstić information content (AvgIpc) is 3.90. The molecular weight excluding hydrogens is 829 g/mol. The first-order valence-electron chi connectivity index (χ1n) is 19.3. The number of H-pyrrole nitrogens is 1. The van der Waals surface area contributed by atoms with E-state index in [0.29, 0.717) is 80.9 Å². The Morgan fingerprint density at radius 3 is 1.69 bits per heavy atom. The summed E-state index contributed by atoms with van der Waals surface area (Å²) in [6.45, 7) is 1.41. The van der Waals surface area contributed by atoms with E-state index in [1.54, 1.807) is 49.0 Å². The molecule has 320 valence electrons. The van der Waals surface area contributed by atoms with Crippen molar-refractivity contribution >= 4 is 51.7 Å². The number of nitrogens with two attached hydrogens (primary N) is 1. The van der Waals surface area contributed by atoms with E-state index in [0.717, 1.165) is 27.8 Å². The highest BCUT2D eigenvalue weighted by molar-refractivity contribution is 7.99. The monoisotopic (exact) mass is 874 g/mol. The number of methoxy groups -OCH3 is 6. The first-order valence-corrected chi connectivity index (χ1v) is 20.9. The standard InChI is InChI=1S/2C22H23N5O3S/c1-28-16-11-15(12-17(29-2)19(16)30-3)31-22-25-18-20(23)24-13-27(21(18)26-22)10-9-14-7-5-4-6-8-14;1-28-16-11-15(12-17(29-2)19(16)30-3)31-22-26-18-20(23)24-13-25-21(18)27(22)10-9-14-7-5-4-6-8-14/h4-8,11-13,23H,9-10H2,1-3H3,(H,25,26);4-8,11-13H,9-10H2,1-3H3,(H2,23,24,25). The zero-order chi connectivity index (χ0) is 43.6. The van der Waals surface area contributed by atoms with E-state index >= 15 is 0 Å². The van der Waals surface area contributed by atoms with Crippen molar-refractivity contribution in [3.05, 3.63) is 114 Å². The maximum atomic E-state index is 8.17. The first-order chi connectivity index (χ1) is 30.3. The van der Waals surface area contributed by atoms with Crippen LogP contribution >= 0.6 is 23.5 Å². The van der Waals surface area contributed by atoms with Gasteiger partial charge in [-0.1, -0.05) is 84.2 Å². The number of nitrogen functional groups attached to an aromatic ring is 1. The molecule has 0 saturated heterocycles. The summed E-state index contributed by atoms with van der Waals surface area (Å²) in [6, 6.07) is 28.1. The Morgan fingerprint density at radius 1 is 0.629 bits per heavy atom. The third-order valence-electron chi connectivity index (χ3n) is 9.67. The predicted octanol–water partition coefficient (Wildman–Crippen LogP) is 7.49. The topological polar surface area (TPSA) is 195 Å². The van der Waals surface area contributed by atoms with Crippen molar-refractivity contribution < 1.29 is 28.4 Å². The number of rotatable bonds is 16.